The molecule has 0 atom stereocenters. The Morgan fingerprint density at radius 2 is 1.67 bits per heavy atom. The van der Waals surface area contributed by atoms with E-state index in [1.807, 2.05) is 40.0 Å². The maximum absolute atomic E-state index is 4.36. The number of nitrogens with zero attached hydrogens (tertiary/aromatic N) is 1. The summed E-state index contributed by atoms with van der Waals surface area (Å²) in [6.07, 6.45) is 5.55. The van der Waals surface area contributed by atoms with E-state index in [0.717, 1.165) is 12.1 Å². The lowest BCUT2D eigenvalue weighted by Gasteiger charge is -1.99. The highest BCUT2D eigenvalue weighted by atomic mass is 14.7. The van der Waals surface area contributed by atoms with Crippen LogP contribution >= 0.6 is 0 Å². The first kappa shape index (κ1) is 13.9. The van der Waals surface area contributed by atoms with Crippen LogP contribution in [0.25, 0.3) is 0 Å². The van der Waals surface area contributed by atoms with Gasteiger partial charge in [-0.2, -0.15) is 0 Å². The quantitative estimate of drug-likeness (QED) is 0.578. The van der Waals surface area contributed by atoms with Gasteiger partial charge >= 0.3 is 0 Å². The summed E-state index contributed by atoms with van der Waals surface area (Å²) in [6.45, 7) is 8.00. The Bertz CT molecular complexity index is 276. The zero-order chi connectivity index (χ0) is 11.5. The molecular weight excluding hydrogens is 182 g/mol. The predicted molar refractivity (Wildman–Crippen MR) is 70.2 cm³/mol. The van der Waals surface area contributed by atoms with E-state index in [2.05, 4.69) is 23.2 Å². The predicted octanol–water partition coefficient (Wildman–Crippen LogP) is 4.78. The maximum Gasteiger partial charge on any atom is 0.0657 e. The molecule has 1 heterocycles. The molecule has 15 heavy (non-hydrogen) atoms. The number of hydrogen-bond donors (Lipinski definition) is 0. The Morgan fingerprint density at radius 1 is 1.00 bits per heavy atom. The standard InChI is InChI=1S/C10H11N.2C2H6/c1-2-7-10-9(5-1)6-3-4-8-11-10;2*1-2/h1-2,5,7-8H,3-4,6H2;2*1-2H3. The van der Waals surface area contributed by atoms with Gasteiger partial charge in [-0.1, -0.05) is 45.9 Å². The summed E-state index contributed by atoms with van der Waals surface area (Å²) < 4.78 is 0. The van der Waals surface area contributed by atoms with Crippen molar-refractivity contribution < 1.29 is 0 Å². The average Bonchev–Trinajstić information content (AvgIpc) is 2.59. The molecular formula is C14H23N. The van der Waals surface area contributed by atoms with Crippen LogP contribution in [-0.4, -0.2) is 6.21 Å². The molecule has 0 aromatic heterocycles. The van der Waals surface area contributed by atoms with Crippen molar-refractivity contribution in [3.63, 3.8) is 0 Å². The van der Waals surface area contributed by atoms with Crippen molar-refractivity contribution in [2.75, 3.05) is 0 Å². The van der Waals surface area contributed by atoms with Crippen LogP contribution in [0.15, 0.2) is 29.3 Å². The van der Waals surface area contributed by atoms with Crippen LogP contribution < -0.4 is 0 Å². The van der Waals surface area contributed by atoms with Crippen molar-refractivity contribution in [2.24, 2.45) is 4.99 Å². The second kappa shape index (κ2) is 9.45. The first-order valence-corrected chi connectivity index (χ1v) is 6.07. The van der Waals surface area contributed by atoms with Gasteiger partial charge < -0.3 is 0 Å². The van der Waals surface area contributed by atoms with E-state index in [9.17, 15) is 0 Å². The molecule has 84 valence electrons. The van der Waals surface area contributed by atoms with E-state index in [1.165, 1.54) is 18.4 Å². The summed E-state index contributed by atoms with van der Waals surface area (Å²) >= 11 is 0. The van der Waals surface area contributed by atoms with E-state index in [0.29, 0.717) is 0 Å². The number of fused-ring (bicyclic) bond motifs is 1. The minimum atomic E-state index is 1.12. The Morgan fingerprint density at radius 3 is 2.40 bits per heavy atom. The molecule has 0 saturated heterocycles. The van der Waals surface area contributed by atoms with Crippen LogP contribution in [0.2, 0.25) is 0 Å². The van der Waals surface area contributed by atoms with Gasteiger partial charge in [0.05, 0.1) is 5.69 Å². The van der Waals surface area contributed by atoms with E-state index in [-0.39, 0.29) is 0 Å². The number of benzene rings is 1. The normalized spacial score (nSPS) is 12.3. The molecule has 0 unspecified atom stereocenters. The van der Waals surface area contributed by atoms with Gasteiger partial charge in [-0.15, -0.1) is 0 Å². The highest BCUT2D eigenvalue weighted by Crippen LogP contribution is 2.22. The van der Waals surface area contributed by atoms with Gasteiger partial charge in [0, 0.05) is 6.21 Å². The molecule has 0 bridgehead atoms. The van der Waals surface area contributed by atoms with Gasteiger partial charge in [-0.25, -0.2) is 0 Å². The Hall–Kier alpha value is -1.11. The molecule has 0 N–H and O–H groups in total. The lowest BCUT2D eigenvalue weighted by atomic mass is 10.1. The van der Waals surface area contributed by atoms with E-state index < -0.39 is 0 Å². The fourth-order valence-corrected chi connectivity index (χ4v) is 1.39. The molecule has 1 aromatic carbocycles. The molecule has 2 rings (SSSR count). The second-order valence-corrected chi connectivity index (χ2v) is 2.83. The van der Waals surface area contributed by atoms with Gasteiger partial charge in [-0.3, -0.25) is 4.99 Å². The van der Waals surface area contributed by atoms with Crippen molar-refractivity contribution in [3.05, 3.63) is 29.8 Å². The minimum Gasteiger partial charge on any atom is -0.261 e. The monoisotopic (exact) mass is 205 g/mol. The summed E-state index contributed by atoms with van der Waals surface area (Å²) in [5.74, 6) is 0. The van der Waals surface area contributed by atoms with Gasteiger partial charge in [0.25, 0.3) is 0 Å². The van der Waals surface area contributed by atoms with Gasteiger partial charge in [0.15, 0.2) is 0 Å². The Kier molecular flexibility index (Phi) is 8.75. The number of hydrogen-bond acceptors (Lipinski definition) is 1. The second-order valence-electron chi connectivity index (χ2n) is 2.83. The zero-order valence-electron chi connectivity index (χ0n) is 10.5. The Labute approximate surface area is 94.3 Å². The number of aliphatic imine (C=N–C) groups is 1. The molecule has 0 saturated carbocycles. The summed E-state index contributed by atoms with van der Waals surface area (Å²) in [7, 11) is 0. The van der Waals surface area contributed by atoms with E-state index in [1.54, 1.807) is 0 Å². The lowest BCUT2D eigenvalue weighted by molar-refractivity contribution is 0.885. The van der Waals surface area contributed by atoms with Gasteiger partial charge in [-0.05, 0) is 30.9 Å². The van der Waals surface area contributed by atoms with Crippen molar-refractivity contribution in [1.29, 1.82) is 0 Å². The van der Waals surface area contributed by atoms with Gasteiger partial charge in [0.2, 0.25) is 0 Å². The van der Waals surface area contributed by atoms with E-state index >= 15 is 0 Å². The smallest absolute Gasteiger partial charge is 0.0657 e. The third-order valence-electron chi connectivity index (χ3n) is 2.00. The van der Waals surface area contributed by atoms with Crippen molar-refractivity contribution in [1.82, 2.24) is 0 Å². The van der Waals surface area contributed by atoms with Crippen molar-refractivity contribution in [2.45, 2.75) is 47.0 Å². The fourth-order valence-electron chi connectivity index (χ4n) is 1.39. The maximum atomic E-state index is 4.36. The summed E-state index contributed by atoms with van der Waals surface area (Å²) in [6, 6.07) is 8.37. The molecule has 0 amide bonds. The zero-order valence-corrected chi connectivity index (χ0v) is 10.5. The fraction of sp³-hybridized carbons (Fsp3) is 0.500. The molecule has 1 aromatic rings. The van der Waals surface area contributed by atoms with Crippen LogP contribution in [0.1, 0.15) is 46.1 Å². The third kappa shape index (κ3) is 4.78. The van der Waals surface area contributed by atoms with Gasteiger partial charge in [0.1, 0.15) is 0 Å². The number of rotatable bonds is 0. The highest BCUT2D eigenvalue weighted by molar-refractivity contribution is 5.66. The molecule has 0 aliphatic carbocycles. The summed E-state index contributed by atoms with van der Waals surface area (Å²) in [5, 5.41) is 0. The SMILES string of the molecule is C1=Nc2ccccc2CCC1.CC.CC. The molecule has 0 radical (unpaired) electrons. The van der Waals surface area contributed by atoms with Crippen LogP contribution in [0, 0.1) is 0 Å². The number of para-hydroxylation sites is 1. The largest absolute Gasteiger partial charge is 0.261 e. The first-order valence-electron chi connectivity index (χ1n) is 6.07. The Balaban J connectivity index is 0.000000442. The van der Waals surface area contributed by atoms with Crippen molar-refractivity contribution in [3.8, 4) is 0 Å². The first-order chi connectivity index (χ1) is 7.47. The molecule has 1 nitrogen and oxygen atoms in total. The van der Waals surface area contributed by atoms with Crippen LogP contribution in [-0.2, 0) is 6.42 Å². The third-order valence-corrected chi connectivity index (χ3v) is 2.00. The molecule has 1 aliphatic heterocycles. The minimum absolute atomic E-state index is 1.12. The topological polar surface area (TPSA) is 12.4 Å². The molecule has 0 fully saturated rings. The molecule has 1 aliphatic rings. The lowest BCUT2D eigenvalue weighted by Crippen LogP contribution is -1.81. The summed E-state index contributed by atoms with van der Waals surface area (Å²) in [5.41, 5.74) is 2.55. The number of aryl methyl sites for hydroxylation is 1. The summed E-state index contributed by atoms with van der Waals surface area (Å²) in [4.78, 5) is 4.36. The van der Waals surface area contributed by atoms with Crippen LogP contribution in [0.5, 0.6) is 0 Å². The van der Waals surface area contributed by atoms with Crippen LogP contribution in [0.4, 0.5) is 5.69 Å². The van der Waals surface area contributed by atoms with E-state index in [4.69, 9.17) is 0 Å². The average molecular weight is 205 g/mol. The molecule has 0 spiro atoms. The van der Waals surface area contributed by atoms with Crippen LogP contribution in [0.3, 0.4) is 0 Å². The van der Waals surface area contributed by atoms with Crippen molar-refractivity contribution >= 4 is 11.9 Å². The highest BCUT2D eigenvalue weighted by Gasteiger charge is 2.01. The molecule has 1 heteroatoms.